The Morgan fingerprint density at radius 3 is 1.91 bits per heavy atom. The highest BCUT2D eigenvalue weighted by molar-refractivity contribution is 7.85. The van der Waals surface area contributed by atoms with Crippen LogP contribution in [-0.4, -0.2) is 61.0 Å². The largest absolute Gasteiger partial charge is 0.465 e. The van der Waals surface area contributed by atoms with E-state index in [1.807, 2.05) is 7.05 Å². The lowest BCUT2D eigenvalue weighted by molar-refractivity contribution is 0.151. The van der Waals surface area contributed by atoms with E-state index in [1.165, 1.54) is 0 Å². The predicted molar refractivity (Wildman–Crippen MR) is 84.5 cm³/mol. The molecule has 1 amide bonds. The van der Waals surface area contributed by atoms with Crippen molar-refractivity contribution in [1.29, 1.82) is 0 Å². The number of nitrogens with one attached hydrogen (secondary N) is 1. The molecule has 2 fully saturated rings. The second-order valence-corrected chi connectivity index (χ2v) is 8.90. The molecule has 1 aliphatic heterocycles. The third kappa shape index (κ3) is 6.50. The molecule has 0 aromatic rings. The van der Waals surface area contributed by atoms with Gasteiger partial charge in [-0.2, -0.15) is 8.42 Å². The number of carbonyl (C=O) groups is 1. The molecular formula is C14H28N2O5S. The number of fused-ring (bicyclic) bond motifs is 1. The van der Waals surface area contributed by atoms with Gasteiger partial charge in [0.15, 0.2) is 0 Å². The second kappa shape index (κ2) is 7.14. The number of carboxylic acid groups (broad SMARTS) is 1. The summed E-state index contributed by atoms with van der Waals surface area (Å²) in [6.45, 7) is 6.75. The molecule has 1 unspecified atom stereocenters. The van der Waals surface area contributed by atoms with Gasteiger partial charge in [0, 0.05) is 19.1 Å². The molecular weight excluding hydrogens is 308 g/mol. The highest BCUT2D eigenvalue weighted by Crippen LogP contribution is 2.37. The first-order valence-corrected chi connectivity index (χ1v) is 9.12. The monoisotopic (exact) mass is 336 g/mol. The number of rotatable bonds is 2. The summed E-state index contributed by atoms with van der Waals surface area (Å²) in [7, 11) is -1.80. The lowest BCUT2D eigenvalue weighted by atomic mass is 10.0. The summed E-state index contributed by atoms with van der Waals surface area (Å²) < 4.78 is 28.7. The Morgan fingerprint density at radius 1 is 1.23 bits per heavy atom. The molecule has 2 rings (SSSR count). The molecule has 0 radical (unpaired) electrons. The first kappa shape index (κ1) is 19.2. The lowest BCUT2D eigenvalue weighted by Gasteiger charge is -2.15. The van der Waals surface area contributed by atoms with Crippen molar-refractivity contribution < 1.29 is 22.9 Å². The molecule has 8 heteroatoms. The zero-order valence-electron chi connectivity index (χ0n) is 13.7. The minimum absolute atomic E-state index is 0.181. The number of hydrogen-bond donors (Lipinski definition) is 3. The Hall–Kier alpha value is -0.860. The van der Waals surface area contributed by atoms with Crippen LogP contribution in [0.1, 0.15) is 33.6 Å². The van der Waals surface area contributed by atoms with E-state index in [0.29, 0.717) is 17.9 Å². The van der Waals surface area contributed by atoms with Crippen LogP contribution in [0.15, 0.2) is 0 Å². The van der Waals surface area contributed by atoms with Crippen molar-refractivity contribution in [3.8, 4) is 0 Å². The Kier molecular flexibility index (Phi) is 6.23. The molecule has 1 saturated carbocycles. The Labute approximate surface area is 132 Å². The molecule has 22 heavy (non-hydrogen) atoms. The van der Waals surface area contributed by atoms with Gasteiger partial charge in [-0.3, -0.25) is 4.55 Å². The SMILES string of the molecule is CC(C)(C)CS(=O)(=O)O.CNC1C[C@@H]2CN(C(=O)O)C[C@@H]2C1. The van der Waals surface area contributed by atoms with Crippen molar-refractivity contribution in [1.82, 2.24) is 10.2 Å². The van der Waals surface area contributed by atoms with E-state index in [2.05, 4.69) is 5.32 Å². The number of amides is 1. The average Bonchev–Trinajstić information content (AvgIpc) is 2.80. The molecule has 0 bridgehead atoms. The Bertz CT molecular complexity index is 472. The van der Waals surface area contributed by atoms with Gasteiger partial charge in [-0.25, -0.2) is 4.79 Å². The fourth-order valence-electron chi connectivity index (χ4n) is 3.24. The quantitative estimate of drug-likeness (QED) is 0.660. The van der Waals surface area contributed by atoms with Gasteiger partial charge in [-0.1, -0.05) is 20.8 Å². The molecule has 0 aromatic carbocycles. The van der Waals surface area contributed by atoms with Crippen molar-refractivity contribution in [2.45, 2.75) is 39.7 Å². The highest BCUT2D eigenvalue weighted by atomic mass is 32.2. The van der Waals surface area contributed by atoms with Crippen LogP contribution in [0.3, 0.4) is 0 Å². The fourth-order valence-corrected chi connectivity index (χ4v) is 4.33. The maximum absolute atomic E-state index is 10.7. The van der Waals surface area contributed by atoms with Crippen LogP contribution in [0, 0.1) is 17.3 Å². The molecule has 1 saturated heterocycles. The molecule has 3 atom stereocenters. The second-order valence-electron chi connectivity index (χ2n) is 7.45. The van der Waals surface area contributed by atoms with Crippen LogP contribution in [0.25, 0.3) is 0 Å². The minimum Gasteiger partial charge on any atom is -0.465 e. The predicted octanol–water partition coefficient (Wildman–Crippen LogP) is 1.51. The zero-order chi connectivity index (χ0) is 17.1. The van der Waals surface area contributed by atoms with Gasteiger partial charge in [0.2, 0.25) is 0 Å². The van der Waals surface area contributed by atoms with Crippen LogP contribution in [-0.2, 0) is 10.1 Å². The average molecular weight is 336 g/mol. The standard InChI is InChI=1S/C9H16N2O2.C5H12O3S/c1-10-8-2-6-4-11(9(12)13)5-7(6)3-8;1-5(2,3)4-9(6,7)8/h6-8,10H,2-5H2,1H3,(H,12,13);4H2,1-3H3,(H,6,7,8)/t6-,7+,8?;. The van der Waals surface area contributed by atoms with Gasteiger partial charge in [0.1, 0.15) is 0 Å². The Morgan fingerprint density at radius 2 is 1.68 bits per heavy atom. The zero-order valence-corrected chi connectivity index (χ0v) is 14.6. The third-order valence-corrected chi connectivity index (χ3v) is 5.28. The molecule has 0 aromatic heterocycles. The van der Waals surface area contributed by atoms with Gasteiger partial charge in [0.25, 0.3) is 10.1 Å². The van der Waals surface area contributed by atoms with Crippen LogP contribution in [0.2, 0.25) is 0 Å². The Balaban J connectivity index is 0.000000239. The number of nitrogens with zero attached hydrogens (tertiary/aromatic N) is 1. The molecule has 0 spiro atoms. The topological polar surface area (TPSA) is 107 Å². The van der Waals surface area contributed by atoms with Crippen LogP contribution in [0.4, 0.5) is 4.79 Å². The first-order chi connectivity index (χ1) is 9.91. The molecule has 7 nitrogen and oxygen atoms in total. The minimum atomic E-state index is -3.78. The van der Waals surface area contributed by atoms with Crippen molar-refractivity contribution in [2.24, 2.45) is 17.3 Å². The maximum atomic E-state index is 10.7. The summed E-state index contributed by atoms with van der Waals surface area (Å²) >= 11 is 0. The van der Waals surface area contributed by atoms with Gasteiger partial charge in [0.05, 0.1) is 5.75 Å². The van der Waals surface area contributed by atoms with E-state index in [9.17, 15) is 13.2 Å². The third-order valence-electron chi connectivity index (χ3n) is 4.05. The van der Waals surface area contributed by atoms with Crippen molar-refractivity contribution >= 4 is 16.2 Å². The molecule has 3 N–H and O–H groups in total. The molecule has 1 heterocycles. The molecule has 130 valence electrons. The lowest BCUT2D eigenvalue weighted by Crippen LogP contribution is -2.30. The number of likely N-dealkylation sites (tertiary alicyclic amines) is 1. The van der Waals surface area contributed by atoms with Gasteiger partial charge in [-0.15, -0.1) is 0 Å². The van der Waals surface area contributed by atoms with Crippen molar-refractivity contribution in [2.75, 3.05) is 25.9 Å². The van der Waals surface area contributed by atoms with Gasteiger partial charge < -0.3 is 15.3 Å². The summed E-state index contributed by atoms with van der Waals surface area (Å²) in [6, 6.07) is 0.617. The van der Waals surface area contributed by atoms with E-state index >= 15 is 0 Å². The maximum Gasteiger partial charge on any atom is 0.407 e. The summed E-state index contributed by atoms with van der Waals surface area (Å²) in [5.41, 5.74) is -0.354. The van der Waals surface area contributed by atoms with E-state index < -0.39 is 16.2 Å². The normalized spacial score (nSPS) is 28.0. The fraction of sp³-hybridized carbons (Fsp3) is 0.929. The summed E-state index contributed by atoms with van der Waals surface area (Å²) in [5.74, 6) is 1.03. The van der Waals surface area contributed by atoms with Crippen LogP contribution < -0.4 is 5.32 Å². The van der Waals surface area contributed by atoms with Crippen LogP contribution >= 0.6 is 0 Å². The van der Waals surface area contributed by atoms with E-state index in [4.69, 9.17) is 9.66 Å². The van der Waals surface area contributed by atoms with Crippen LogP contribution in [0.5, 0.6) is 0 Å². The van der Waals surface area contributed by atoms with E-state index in [1.54, 1.807) is 25.7 Å². The van der Waals surface area contributed by atoms with Crippen molar-refractivity contribution in [3.05, 3.63) is 0 Å². The highest BCUT2D eigenvalue weighted by Gasteiger charge is 2.41. The number of hydrogen-bond acceptors (Lipinski definition) is 4. The molecule has 1 aliphatic carbocycles. The van der Waals surface area contributed by atoms with Crippen molar-refractivity contribution in [3.63, 3.8) is 0 Å². The summed E-state index contributed by atoms with van der Waals surface area (Å²) in [4.78, 5) is 12.3. The van der Waals surface area contributed by atoms with Gasteiger partial charge in [-0.05, 0) is 37.1 Å². The van der Waals surface area contributed by atoms with E-state index in [0.717, 1.165) is 25.9 Å². The van der Waals surface area contributed by atoms with E-state index in [-0.39, 0.29) is 11.2 Å². The summed E-state index contributed by atoms with van der Waals surface area (Å²) in [6.07, 6.45) is 1.53. The smallest absolute Gasteiger partial charge is 0.407 e. The van der Waals surface area contributed by atoms with Gasteiger partial charge >= 0.3 is 6.09 Å². The molecule has 2 aliphatic rings. The summed E-state index contributed by atoms with van der Waals surface area (Å²) in [5, 5.41) is 12.1. The first-order valence-electron chi connectivity index (χ1n) is 7.51.